The van der Waals surface area contributed by atoms with Gasteiger partial charge in [-0.15, -0.1) is 0 Å². The van der Waals surface area contributed by atoms with Crippen LogP contribution >= 0.6 is 22.6 Å². The third-order valence-corrected chi connectivity index (χ3v) is 8.28. The minimum absolute atomic E-state index is 0.109. The van der Waals surface area contributed by atoms with Gasteiger partial charge in [-0.25, -0.2) is 22.6 Å². The summed E-state index contributed by atoms with van der Waals surface area (Å²) in [4.78, 5) is 18.6. The van der Waals surface area contributed by atoms with Crippen molar-refractivity contribution in [3.63, 3.8) is 0 Å². The van der Waals surface area contributed by atoms with Crippen molar-refractivity contribution in [2.45, 2.75) is 11.4 Å². The Balaban J connectivity index is 1.82. The summed E-state index contributed by atoms with van der Waals surface area (Å²) in [6.07, 6.45) is 0. The van der Waals surface area contributed by atoms with Gasteiger partial charge in [0.1, 0.15) is 11.5 Å². The van der Waals surface area contributed by atoms with Gasteiger partial charge >= 0.3 is 0 Å². The molecule has 0 aliphatic heterocycles. The molecule has 0 aliphatic rings. The van der Waals surface area contributed by atoms with Gasteiger partial charge in [0, 0.05) is 29.6 Å². The van der Waals surface area contributed by atoms with Gasteiger partial charge in [-0.1, -0.05) is 30.3 Å². The van der Waals surface area contributed by atoms with Crippen LogP contribution in [0.3, 0.4) is 0 Å². The van der Waals surface area contributed by atoms with E-state index in [2.05, 4.69) is 10.8 Å². The number of sulfonamides is 1. The van der Waals surface area contributed by atoms with Gasteiger partial charge in [-0.2, -0.15) is 0 Å². The lowest BCUT2D eigenvalue weighted by Gasteiger charge is -2.15. The summed E-state index contributed by atoms with van der Waals surface area (Å²) in [7, 11) is -0.669. The highest BCUT2D eigenvalue weighted by atomic mass is 127. The van der Waals surface area contributed by atoms with Gasteiger partial charge in [-0.05, 0) is 64.6 Å². The number of hydrogen-bond donors (Lipinski definition) is 3. The number of amides is 1. The zero-order valence-electron chi connectivity index (χ0n) is 20.6. The number of anilines is 2. The standard InChI is InChI=1S/C26H26FIN4O5S/c1-31(2)38(35,36)19-10-7-17(8-11-19)16-32-23-6-4-3-5-20(23)24(25(32)26(34)30-37-14-13-33)29-22-12-9-18(28)15-21(22)27/h3-12,15,29,33H,13-14,16H2,1-2H3,(H,30,34). The largest absolute Gasteiger partial charge is 0.394 e. The predicted molar refractivity (Wildman–Crippen MR) is 151 cm³/mol. The third-order valence-electron chi connectivity index (χ3n) is 5.78. The molecule has 4 rings (SSSR count). The molecule has 9 nitrogen and oxygen atoms in total. The van der Waals surface area contributed by atoms with E-state index in [1.165, 1.54) is 32.3 Å². The number of benzene rings is 3. The molecule has 0 saturated heterocycles. The van der Waals surface area contributed by atoms with Crippen molar-refractivity contribution in [3.05, 3.63) is 87.4 Å². The maximum Gasteiger partial charge on any atom is 0.293 e. The highest BCUT2D eigenvalue weighted by Gasteiger charge is 2.25. The minimum Gasteiger partial charge on any atom is -0.394 e. The molecule has 4 aromatic rings. The summed E-state index contributed by atoms with van der Waals surface area (Å²) in [6.45, 7) is -0.185. The van der Waals surface area contributed by atoms with E-state index in [-0.39, 0.29) is 36.0 Å². The number of halogens is 2. The van der Waals surface area contributed by atoms with Crippen LogP contribution in [-0.2, 0) is 21.4 Å². The first-order valence-electron chi connectivity index (χ1n) is 11.5. The van der Waals surface area contributed by atoms with E-state index in [4.69, 9.17) is 9.94 Å². The monoisotopic (exact) mass is 652 g/mol. The first kappa shape index (κ1) is 28.0. The number of aliphatic hydroxyl groups excluding tert-OH is 1. The van der Waals surface area contributed by atoms with Crippen LogP contribution in [0.15, 0.2) is 71.6 Å². The Morgan fingerprint density at radius 1 is 1.11 bits per heavy atom. The van der Waals surface area contributed by atoms with E-state index in [1.807, 2.05) is 46.9 Å². The van der Waals surface area contributed by atoms with E-state index in [0.29, 0.717) is 16.6 Å². The Kier molecular flexibility index (Phi) is 8.67. The van der Waals surface area contributed by atoms with Crippen molar-refractivity contribution >= 4 is 60.8 Å². The van der Waals surface area contributed by atoms with Crippen LogP contribution in [-0.4, -0.2) is 55.6 Å². The molecule has 200 valence electrons. The summed E-state index contributed by atoms with van der Waals surface area (Å²) < 4.78 is 43.3. The number of carbonyl (C=O) groups is 1. The van der Waals surface area contributed by atoms with Crippen LogP contribution in [0.1, 0.15) is 16.1 Å². The van der Waals surface area contributed by atoms with Crippen molar-refractivity contribution in [3.8, 4) is 0 Å². The zero-order valence-corrected chi connectivity index (χ0v) is 23.6. The van der Waals surface area contributed by atoms with Crippen LogP contribution in [0.5, 0.6) is 0 Å². The molecule has 3 aromatic carbocycles. The molecule has 1 aromatic heterocycles. The van der Waals surface area contributed by atoms with Crippen molar-refractivity contribution < 1.29 is 27.5 Å². The zero-order chi connectivity index (χ0) is 27.4. The topological polar surface area (TPSA) is 113 Å². The first-order chi connectivity index (χ1) is 18.1. The number of rotatable bonds is 10. The molecule has 12 heteroatoms. The van der Waals surface area contributed by atoms with E-state index >= 15 is 0 Å². The maximum atomic E-state index is 14.8. The molecule has 0 saturated carbocycles. The molecular formula is C26H26FIN4O5S. The molecule has 0 bridgehead atoms. The van der Waals surface area contributed by atoms with Crippen LogP contribution in [0.4, 0.5) is 15.8 Å². The van der Waals surface area contributed by atoms with Crippen LogP contribution in [0, 0.1) is 9.39 Å². The number of aliphatic hydroxyl groups is 1. The highest BCUT2D eigenvalue weighted by Crippen LogP contribution is 2.35. The maximum absolute atomic E-state index is 14.8. The van der Waals surface area contributed by atoms with Gasteiger partial charge in [0.25, 0.3) is 5.91 Å². The van der Waals surface area contributed by atoms with Crippen molar-refractivity contribution in [1.29, 1.82) is 0 Å². The minimum atomic E-state index is -3.59. The van der Waals surface area contributed by atoms with Gasteiger partial charge in [0.2, 0.25) is 10.0 Å². The lowest BCUT2D eigenvalue weighted by Crippen LogP contribution is -2.28. The number of hydroxylamine groups is 1. The molecule has 3 N–H and O–H groups in total. The number of aromatic nitrogens is 1. The van der Waals surface area contributed by atoms with Crippen LogP contribution in [0.25, 0.3) is 10.9 Å². The van der Waals surface area contributed by atoms with Gasteiger partial charge in [-0.3, -0.25) is 9.63 Å². The van der Waals surface area contributed by atoms with Gasteiger partial charge < -0.3 is 15.0 Å². The molecule has 0 radical (unpaired) electrons. The second kappa shape index (κ2) is 11.8. The smallest absolute Gasteiger partial charge is 0.293 e. The second-order valence-corrected chi connectivity index (χ2v) is 11.9. The molecule has 1 amide bonds. The molecule has 0 atom stereocenters. The number of nitrogens with one attached hydrogen (secondary N) is 2. The van der Waals surface area contributed by atoms with Gasteiger partial charge in [0.05, 0.1) is 35.0 Å². The fourth-order valence-corrected chi connectivity index (χ4v) is 5.28. The van der Waals surface area contributed by atoms with Crippen molar-refractivity contribution in [2.24, 2.45) is 0 Å². The molecule has 0 spiro atoms. The second-order valence-electron chi connectivity index (χ2n) is 8.51. The van der Waals surface area contributed by atoms with Gasteiger partial charge in [0.15, 0.2) is 0 Å². The lowest BCUT2D eigenvalue weighted by atomic mass is 10.2. The SMILES string of the molecule is CN(C)S(=O)(=O)c1ccc(Cn2c(C(=O)NOCCO)c(Nc3ccc(I)cc3F)c3ccccc32)cc1. The number of nitrogens with zero attached hydrogens (tertiary/aromatic N) is 2. The Morgan fingerprint density at radius 2 is 1.82 bits per heavy atom. The summed E-state index contributed by atoms with van der Waals surface area (Å²) in [5.74, 6) is -1.08. The molecule has 0 fully saturated rings. The van der Waals surface area contributed by atoms with E-state index < -0.39 is 21.7 Å². The van der Waals surface area contributed by atoms with E-state index in [9.17, 15) is 17.6 Å². The van der Waals surface area contributed by atoms with Crippen molar-refractivity contribution in [2.75, 3.05) is 32.6 Å². The summed E-state index contributed by atoms with van der Waals surface area (Å²) in [6, 6.07) is 18.4. The predicted octanol–water partition coefficient (Wildman–Crippen LogP) is 4.08. The normalized spacial score (nSPS) is 11.7. The Labute approximate surface area is 233 Å². The van der Waals surface area contributed by atoms with Crippen LogP contribution < -0.4 is 10.8 Å². The average molecular weight is 652 g/mol. The number of carbonyl (C=O) groups excluding carboxylic acids is 1. The highest BCUT2D eigenvalue weighted by molar-refractivity contribution is 14.1. The number of hydrogen-bond acceptors (Lipinski definition) is 6. The Bertz CT molecular complexity index is 1570. The first-order valence-corrected chi connectivity index (χ1v) is 14.0. The molecule has 1 heterocycles. The number of fused-ring (bicyclic) bond motifs is 1. The number of para-hydroxylation sites is 1. The Morgan fingerprint density at radius 3 is 2.47 bits per heavy atom. The lowest BCUT2D eigenvalue weighted by molar-refractivity contribution is 0.0163. The van der Waals surface area contributed by atoms with E-state index in [0.717, 1.165) is 13.4 Å². The molecule has 0 aliphatic carbocycles. The summed E-state index contributed by atoms with van der Waals surface area (Å²) >= 11 is 2.02. The summed E-state index contributed by atoms with van der Waals surface area (Å²) in [5, 5.41) is 12.8. The molecular weight excluding hydrogens is 626 g/mol. The van der Waals surface area contributed by atoms with Crippen molar-refractivity contribution in [1.82, 2.24) is 14.4 Å². The third kappa shape index (κ3) is 5.83. The molecule has 0 unspecified atom stereocenters. The fourth-order valence-electron chi connectivity index (χ4n) is 3.93. The summed E-state index contributed by atoms with van der Waals surface area (Å²) in [5.41, 5.74) is 4.51. The van der Waals surface area contributed by atoms with Crippen LogP contribution in [0.2, 0.25) is 0 Å². The Hall–Kier alpha value is -3.04. The average Bonchev–Trinajstić information content (AvgIpc) is 3.19. The van der Waals surface area contributed by atoms with E-state index in [1.54, 1.807) is 28.8 Å². The molecule has 38 heavy (non-hydrogen) atoms. The quantitative estimate of drug-likeness (QED) is 0.135. The fraction of sp³-hybridized carbons (Fsp3) is 0.192.